The Morgan fingerprint density at radius 3 is 2.29 bits per heavy atom. The van der Waals surface area contributed by atoms with Crippen LogP contribution in [0.1, 0.15) is 32.8 Å². The van der Waals surface area contributed by atoms with Crippen molar-refractivity contribution in [2.45, 2.75) is 39.2 Å². The van der Waals surface area contributed by atoms with E-state index in [2.05, 4.69) is 26.0 Å². The lowest BCUT2D eigenvalue weighted by Gasteiger charge is -2.25. The van der Waals surface area contributed by atoms with E-state index in [-0.39, 0.29) is 0 Å². The quantitative estimate of drug-likeness (QED) is 0.777. The van der Waals surface area contributed by atoms with Gasteiger partial charge in [0, 0.05) is 6.42 Å². The standard InChI is InChI=1S/C13H20O/c1-11(2)9-13(3,14)10-12-7-5-4-6-8-12/h4-8,11,14H,9-10H2,1-3H3. The molecule has 0 amide bonds. The highest BCUT2D eigenvalue weighted by Crippen LogP contribution is 2.21. The van der Waals surface area contributed by atoms with E-state index in [0.29, 0.717) is 5.92 Å². The summed E-state index contributed by atoms with van der Waals surface area (Å²) >= 11 is 0. The van der Waals surface area contributed by atoms with Crippen LogP contribution in [0.4, 0.5) is 0 Å². The summed E-state index contributed by atoms with van der Waals surface area (Å²) in [6.45, 7) is 6.19. The zero-order valence-corrected chi connectivity index (χ0v) is 9.33. The second kappa shape index (κ2) is 4.61. The van der Waals surface area contributed by atoms with Crippen LogP contribution in [0.5, 0.6) is 0 Å². The average molecular weight is 192 g/mol. The van der Waals surface area contributed by atoms with Crippen LogP contribution < -0.4 is 0 Å². The van der Waals surface area contributed by atoms with Crippen molar-refractivity contribution in [3.8, 4) is 0 Å². The number of benzene rings is 1. The Balaban J connectivity index is 2.59. The van der Waals surface area contributed by atoms with Gasteiger partial charge in [-0.3, -0.25) is 0 Å². The van der Waals surface area contributed by atoms with E-state index in [1.54, 1.807) is 0 Å². The third kappa shape index (κ3) is 3.93. The van der Waals surface area contributed by atoms with Crippen LogP contribution in [-0.2, 0) is 6.42 Å². The van der Waals surface area contributed by atoms with Crippen LogP contribution >= 0.6 is 0 Å². The smallest absolute Gasteiger partial charge is 0.0662 e. The summed E-state index contributed by atoms with van der Waals surface area (Å²) in [6.07, 6.45) is 1.59. The molecule has 78 valence electrons. The molecule has 0 aliphatic carbocycles. The Kier molecular flexibility index (Phi) is 3.70. The summed E-state index contributed by atoms with van der Waals surface area (Å²) in [7, 11) is 0. The fourth-order valence-corrected chi connectivity index (χ4v) is 1.99. The van der Waals surface area contributed by atoms with Gasteiger partial charge in [-0.2, -0.15) is 0 Å². The van der Waals surface area contributed by atoms with Gasteiger partial charge in [0.05, 0.1) is 5.60 Å². The van der Waals surface area contributed by atoms with Crippen molar-refractivity contribution < 1.29 is 5.11 Å². The largest absolute Gasteiger partial charge is 0.390 e. The van der Waals surface area contributed by atoms with Gasteiger partial charge in [0.25, 0.3) is 0 Å². The van der Waals surface area contributed by atoms with Crippen LogP contribution in [0.3, 0.4) is 0 Å². The molecule has 14 heavy (non-hydrogen) atoms. The van der Waals surface area contributed by atoms with Gasteiger partial charge in [0.1, 0.15) is 0 Å². The summed E-state index contributed by atoms with van der Waals surface area (Å²) in [4.78, 5) is 0. The molecule has 0 saturated carbocycles. The van der Waals surface area contributed by atoms with Crippen molar-refractivity contribution in [1.29, 1.82) is 0 Å². The van der Waals surface area contributed by atoms with Gasteiger partial charge in [0.15, 0.2) is 0 Å². The molecule has 0 aliphatic rings. The first-order chi connectivity index (χ1) is 6.49. The second-order valence-corrected chi connectivity index (χ2v) is 4.76. The monoisotopic (exact) mass is 192 g/mol. The molecule has 1 rings (SSSR count). The maximum Gasteiger partial charge on any atom is 0.0662 e. The van der Waals surface area contributed by atoms with E-state index in [1.807, 2.05) is 25.1 Å². The van der Waals surface area contributed by atoms with Crippen molar-refractivity contribution in [2.75, 3.05) is 0 Å². The Labute approximate surface area is 86.8 Å². The van der Waals surface area contributed by atoms with E-state index in [9.17, 15) is 5.11 Å². The first-order valence-electron chi connectivity index (χ1n) is 5.26. The van der Waals surface area contributed by atoms with Gasteiger partial charge in [0.2, 0.25) is 0 Å². The first-order valence-corrected chi connectivity index (χ1v) is 5.26. The molecular formula is C13H20O. The van der Waals surface area contributed by atoms with Crippen LogP contribution in [0.2, 0.25) is 0 Å². The number of aliphatic hydroxyl groups is 1. The molecule has 1 nitrogen and oxygen atoms in total. The molecule has 0 saturated heterocycles. The van der Waals surface area contributed by atoms with Crippen molar-refractivity contribution >= 4 is 0 Å². The van der Waals surface area contributed by atoms with E-state index in [0.717, 1.165) is 12.8 Å². The summed E-state index contributed by atoms with van der Waals surface area (Å²) in [5.41, 5.74) is 0.633. The molecule has 1 atom stereocenters. The lowest BCUT2D eigenvalue weighted by atomic mass is 9.88. The van der Waals surface area contributed by atoms with Gasteiger partial charge < -0.3 is 5.11 Å². The van der Waals surface area contributed by atoms with Crippen LogP contribution in [0.15, 0.2) is 30.3 Å². The molecule has 0 heterocycles. The zero-order chi connectivity index (χ0) is 10.6. The van der Waals surface area contributed by atoms with Gasteiger partial charge in [-0.1, -0.05) is 44.2 Å². The van der Waals surface area contributed by atoms with Crippen molar-refractivity contribution in [2.24, 2.45) is 5.92 Å². The Morgan fingerprint density at radius 1 is 1.21 bits per heavy atom. The predicted molar refractivity (Wildman–Crippen MR) is 60.2 cm³/mol. The maximum atomic E-state index is 10.1. The fourth-order valence-electron chi connectivity index (χ4n) is 1.99. The molecule has 1 aromatic carbocycles. The normalized spacial score (nSPS) is 15.5. The molecule has 1 heteroatoms. The van der Waals surface area contributed by atoms with Gasteiger partial charge >= 0.3 is 0 Å². The SMILES string of the molecule is CC(C)CC(C)(O)Cc1ccccc1. The van der Waals surface area contributed by atoms with E-state index in [4.69, 9.17) is 0 Å². The molecule has 0 bridgehead atoms. The van der Waals surface area contributed by atoms with Crippen molar-refractivity contribution in [3.63, 3.8) is 0 Å². The highest BCUT2D eigenvalue weighted by molar-refractivity contribution is 5.16. The zero-order valence-electron chi connectivity index (χ0n) is 9.33. The molecule has 1 unspecified atom stereocenters. The van der Waals surface area contributed by atoms with Crippen LogP contribution in [0, 0.1) is 5.92 Å². The third-order valence-corrected chi connectivity index (χ3v) is 2.28. The molecule has 0 aliphatic heterocycles. The minimum absolute atomic E-state index is 0.536. The van der Waals surface area contributed by atoms with Crippen LogP contribution in [-0.4, -0.2) is 10.7 Å². The average Bonchev–Trinajstić information content (AvgIpc) is 2.02. The van der Waals surface area contributed by atoms with Gasteiger partial charge in [-0.05, 0) is 24.8 Å². The molecule has 0 aromatic heterocycles. The molecule has 0 fully saturated rings. The fraction of sp³-hybridized carbons (Fsp3) is 0.538. The summed E-state index contributed by atoms with van der Waals surface area (Å²) in [6, 6.07) is 10.2. The minimum atomic E-state index is -0.574. The Bertz CT molecular complexity index is 262. The highest BCUT2D eigenvalue weighted by atomic mass is 16.3. The summed E-state index contributed by atoms with van der Waals surface area (Å²) < 4.78 is 0. The lowest BCUT2D eigenvalue weighted by molar-refractivity contribution is 0.0388. The van der Waals surface area contributed by atoms with Crippen molar-refractivity contribution in [1.82, 2.24) is 0 Å². The van der Waals surface area contributed by atoms with E-state index in [1.165, 1.54) is 5.56 Å². The Hall–Kier alpha value is -0.820. The topological polar surface area (TPSA) is 20.2 Å². The molecular weight excluding hydrogens is 172 g/mol. The van der Waals surface area contributed by atoms with Crippen LogP contribution in [0.25, 0.3) is 0 Å². The number of hydrogen-bond donors (Lipinski definition) is 1. The summed E-state index contributed by atoms with van der Waals surface area (Å²) in [5.74, 6) is 0.536. The van der Waals surface area contributed by atoms with Gasteiger partial charge in [-0.15, -0.1) is 0 Å². The highest BCUT2D eigenvalue weighted by Gasteiger charge is 2.21. The molecule has 1 N–H and O–H groups in total. The summed E-state index contributed by atoms with van der Waals surface area (Å²) in [5, 5.41) is 10.1. The predicted octanol–water partition coefficient (Wildman–Crippen LogP) is 3.03. The van der Waals surface area contributed by atoms with E-state index < -0.39 is 5.60 Å². The molecule has 1 aromatic rings. The number of rotatable bonds is 4. The lowest BCUT2D eigenvalue weighted by Crippen LogP contribution is -2.29. The Morgan fingerprint density at radius 2 is 1.79 bits per heavy atom. The van der Waals surface area contributed by atoms with Crippen molar-refractivity contribution in [3.05, 3.63) is 35.9 Å². The molecule has 0 radical (unpaired) electrons. The first kappa shape index (κ1) is 11.3. The minimum Gasteiger partial charge on any atom is -0.390 e. The van der Waals surface area contributed by atoms with Gasteiger partial charge in [-0.25, -0.2) is 0 Å². The maximum absolute atomic E-state index is 10.1. The second-order valence-electron chi connectivity index (χ2n) is 4.76. The van der Waals surface area contributed by atoms with E-state index >= 15 is 0 Å². The third-order valence-electron chi connectivity index (χ3n) is 2.28. The number of hydrogen-bond acceptors (Lipinski definition) is 1. The molecule has 0 spiro atoms.